The maximum atomic E-state index is 10.6. The van der Waals surface area contributed by atoms with Gasteiger partial charge in [0.2, 0.25) is 0 Å². The van der Waals surface area contributed by atoms with E-state index >= 15 is 0 Å². The Kier molecular flexibility index (Phi) is 3.41. The Balaban J connectivity index is 1.98. The van der Waals surface area contributed by atoms with Gasteiger partial charge in [-0.2, -0.15) is 0 Å². The second kappa shape index (κ2) is 5.03. The van der Waals surface area contributed by atoms with Crippen LogP contribution in [0.5, 0.6) is 0 Å². The first-order chi connectivity index (χ1) is 8.77. The third-order valence-electron chi connectivity index (χ3n) is 3.73. The van der Waals surface area contributed by atoms with Crippen LogP contribution >= 0.6 is 15.9 Å². The van der Waals surface area contributed by atoms with Gasteiger partial charge in [-0.05, 0) is 31.5 Å². The minimum Gasteiger partial charge on any atom is -0.387 e. The number of aliphatic hydroxyl groups excluding tert-OH is 1. The Morgan fingerprint density at radius 3 is 3.00 bits per heavy atom. The zero-order valence-electron chi connectivity index (χ0n) is 10.1. The summed E-state index contributed by atoms with van der Waals surface area (Å²) in [5.41, 5.74) is 2.05. The smallest absolute Gasteiger partial charge is 0.0963 e. The highest BCUT2D eigenvalue weighted by Gasteiger charge is 2.25. The van der Waals surface area contributed by atoms with Gasteiger partial charge in [-0.1, -0.05) is 28.4 Å². The van der Waals surface area contributed by atoms with E-state index in [1.807, 2.05) is 24.4 Å². The maximum absolute atomic E-state index is 10.6. The molecule has 2 atom stereocenters. The normalized spacial score (nSPS) is 22.2. The van der Waals surface area contributed by atoms with E-state index < -0.39 is 6.10 Å². The van der Waals surface area contributed by atoms with Crippen molar-refractivity contribution in [1.29, 1.82) is 0 Å². The molecule has 0 saturated carbocycles. The molecule has 1 aromatic carbocycles. The number of H-pyrrole nitrogens is 1. The van der Waals surface area contributed by atoms with Crippen molar-refractivity contribution < 1.29 is 5.11 Å². The molecular formula is C14H17BrN2O. The van der Waals surface area contributed by atoms with E-state index in [1.165, 1.54) is 12.8 Å². The van der Waals surface area contributed by atoms with Crippen LogP contribution in [0.15, 0.2) is 28.9 Å². The van der Waals surface area contributed by atoms with Crippen LogP contribution in [0.4, 0.5) is 0 Å². The summed E-state index contributed by atoms with van der Waals surface area (Å²) in [5.74, 6) is 0. The topological polar surface area (TPSA) is 48.0 Å². The third-order valence-corrected chi connectivity index (χ3v) is 4.39. The Morgan fingerprint density at radius 1 is 1.33 bits per heavy atom. The van der Waals surface area contributed by atoms with Gasteiger partial charge in [0.05, 0.1) is 6.10 Å². The lowest BCUT2D eigenvalue weighted by molar-refractivity contribution is 0.115. The number of aliphatic hydroxyl groups is 1. The summed E-state index contributed by atoms with van der Waals surface area (Å²) < 4.78 is 1.03. The van der Waals surface area contributed by atoms with E-state index in [4.69, 9.17) is 0 Å². The zero-order chi connectivity index (χ0) is 12.5. The van der Waals surface area contributed by atoms with Gasteiger partial charge in [0.25, 0.3) is 0 Å². The Hall–Kier alpha value is -0.840. The molecule has 0 radical (unpaired) electrons. The molecule has 18 heavy (non-hydrogen) atoms. The molecule has 3 nitrogen and oxygen atoms in total. The van der Waals surface area contributed by atoms with Crippen LogP contribution in [0.3, 0.4) is 0 Å². The summed E-state index contributed by atoms with van der Waals surface area (Å²) in [6.45, 7) is 1.01. The molecule has 0 bridgehead atoms. The van der Waals surface area contributed by atoms with Crippen LogP contribution in [0.1, 0.15) is 30.9 Å². The molecule has 0 amide bonds. The van der Waals surface area contributed by atoms with Crippen molar-refractivity contribution in [2.24, 2.45) is 0 Å². The van der Waals surface area contributed by atoms with Gasteiger partial charge in [-0.15, -0.1) is 0 Å². The molecule has 3 N–H and O–H groups in total. The highest BCUT2D eigenvalue weighted by Crippen LogP contribution is 2.33. The number of aromatic amines is 1. The summed E-state index contributed by atoms with van der Waals surface area (Å²) in [6, 6.07) is 6.22. The molecule has 3 rings (SSSR count). The van der Waals surface area contributed by atoms with E-state index in [0.717, 1.165) is 33.9 Å². The van der Waals surface area contributed by atoms with Crippen LogP contribution < -0.4 is 5.32 Å². The van der Waals surface area contributed by atoms with E-state index in [9.17, 15) is 5.11 Å². The number of hydrogen-bond donors (Lipinski definition) is 3. The number of benzene rings is 1. The molecule has 2 heterocycles. The van der Waals surface area contributed by atoms with Crippen LogP contribution in [-0.4, -0.2) is 22.7 Å². The molecule has 96 valence electrons. The highest BCUT2D eigenvalue weighted by atomic mass is 79.9. The molecule has 1 fully saturated rings. The zero-order valence-corrected chi connectivity index (χ0v) is 11.7. The summed E-state index contributed by atoms with van der Waals surface area (Å²) in [7, 11) is 0. The lowest BCUT2D eigenvalue weighted by Gasteiger charge is -2.28. The molecule has 2 aromatic rings. The quantitative estimate of drug-likeness (QED) is 0.798. The minimum atomic E-state index is -0.447. The second-order valence-corrected chi connectivity index (χ2v) is 5.76. The predicted octanol–water partition coefficient (Wildman–Crippen LogP) is 3.11. The molecule has 1 aliphatic rings. The van der Waals surface area contributed by atoms with Crippen molar-refractivity contribution >= 4 is 26.8 Å². The largest absolute Gasteiger partial charge is 0.387 e. The molecular weight excluding hydrogens is 292 g/mol. The van der Waals surface area contributed by atoms with Crippen LogP contribution in [0.25, 0.3) is 10.9 Å². The van der Waals surface area contributed by atoms with Gasteiger partial charge in [-0.3, -0.25) is 0 Å². The van der Waals surface area contributed by atoms with E-state index in [1.54, 1.807) is 0 Å². The van der Waals surface area contributed by atoms with Crippen LogP contribution in [-0.2, 0) is 0 Å². The van der Waals surface area contributed by atoms with E-state index in [0.29, 0.717) is 0 Å². The third kappa shape index (κ3) is 2.09. The van der Waals surface area contributed by atoms with Gasteiger partial charge >= 0.3 is 0 Å². The van der Waals surface area contributed by atoms with Gasteiger partial charge in [0.1, 0.15) is 0 Å². The van der Waals surface area contributed by atoms with Gasteiger partial charge < -0.3 is 15.4 Å². The Bertz CT molecular complexity index is 546. The number of rotatable bonds is 2. The van der Waals surface area contributed by atoms with Gasteiger partial charge in [0, 0.05) is 33.2 Å². The van der Waals surface area contributed by atoms with Crippen molar-refractivity contribution in [2.75, 3.05) is 6.54 Å². The molecule has 1 saturated heterocycles. The van der Waals surface area contributed by atoms with Crippen molar-refractivity contribution in [3.05, 3.63) is 34.4 Å². The van der Waals surface area contributed by atoms with Crippen molar-refractivity contribution in [1.82, 2.24) is 10.3 Å². The van der Waals surface area contributed by atoms with Crippen LogP contribution in [0.2, 0.25) is 0 Å². The molecule has 1 aromatic heterocycles. The lowest BCUT2D eigenvalue weighted by Crippen LogP contribution is -2.38. The summed E-state index contributed by atoms with van der Waals surface area (Å²) in [6.07, 6.45) is 4.92. The monoisotopic (exact) mass is 308 g/mol. The number of nitrogens with one attached hydrogen (secondary N) is 2. The maximum Gasteiger partial charge on any atom is 0.0963 e. The SMILES string of the molecule is OC(c1c[nH]c2cccc(Br)c12)C1CCCCN1. The fourth-order valence-corrected chi connectivity index (χ4v) is 3.36. The first-order valence-electron chi connectivity index (χ1n) is 6.44. The Labute approximate surface area is 115 Å². The summed E-state index contributed by atoms with van der Waals surface area (Å²) in [4.78, 5) is 3.23. The van der Waals surface area contributed by atoms with Gasteiger partial charge in [-0.25, -0.2) is 0 Å². The van der Waals surface area contributed by atoms with E-state index in [-0.39, 0.29) is 6.04 Å². The second-order valence-electron chi connectivity index (χ2n) is 4.91. The number of halogens is 1. The van der Waals surface area contributed by atoms with E-state index in [2.05, 4.69) is 26.2 Å². The lowest BCUT2D eigenvalue weighted by atomic mass is 9.95. The van der Waals surface area contributed by atoms with Crippen molar-refractivity contribution in [3.63, 3.8) is 0 Å². The molecule has 0 spiro atoms. The Morgan fingerprint density at radius 2 is 2.22 bits per heavy atom. The molecule has 0 aliphatic carbocycles. The van der Waals surface area contributed by atoms with Gasteiger partial charge in [0.15, 0.2) is 0 Å². The fraction of sp³-hybridized carbons (Fsp3) is 0.429. The minimum absolute atomic E-state index is 0.171. The first kappa shape index (κ1) is 12.2. The van der Waals surface area contributed by atoms with Crippen molar-refractivity contribution in [3.8, 4) is 0 Å². The first-order valence-corrected chi connectivity index (χ1v) is 7.23. The number of fused-ring (bicyclic) bond motifs is 1. The van der Waals surface area contributed by atoms with Crippen molar-refractivity contribution in [2.45, 2.75) is 31.4 Å². The fourth-order valence-electron chi connectivity index (χ4n) is 2.76. The average molecular weight is 309 g/mol. The molecule has 4 heteroatoms. The standard InChI is InChI=1S/C14H17BrN2O/c15-10-4-3-6-11-13(10)9(8-17-11)14(18)12-5-1-2-7-16-12/h3-4,6,8,12,14,16-18H,1-2,5,7H2. The molecule has 2 unspecified atom stereocenters. The number of hydrogen-bond acceptors (Lipinski definition) is 2. The average Bonchev–Trinajstić information content (AvgIpc) is 2.84. The predicted molar refractivity (Wildman–Crippen MR) is 76.6 cm³/mol. The highest BCUT2D eigenvalue weighted by molar-refractivity contribution is 9.10. The summed E-state index contributed by atoms with van der Waals surface area (Å²) >= 11 is 3.57. The summed E-state index contributed by atoms with van der Waals surface area (Å²) in [5, 5.41) is 15.1. The number of piperidine rings is 1. The van der Waals surface area contributed by atoms with Crippen LogP contribution in [0, 0.1) is 0 Å². The molecule has 1 aliphatic heterocycles. The number of aromatic nitrogens is 1.